The highest BCUT2D eigenvalue weighted by molar-refractivity contribution is 7.95. The molecule has 1 saturated heterocycles. The highest BCUT2D eigenvalue weighted by Crippen LogP contribution is 2.56. The summed E-state index contributed by atoms with van der Waals surface area (Å²) in [4.78, 5) is 28.2. The lowest BCUT2D eigenvalue weighted by Gasteiger charge is -2.47. The highest BCUT2D eigenvalue weighted by Gasteiger charge is 2.57. The van der Waals surface area contributed by atoms with E-state index in [-0.39, 0.29) is 11.9 Å². The number of hydrogen-bond acceptors (Lipinski definition) is 5. The molecule has 3 aromatic rings. The van der Waals surface area contributed by atoms with E-state index < -0.39 is 30.4 Å². The molecule has 2 atom stereocenters. The second kappa shape index (κ2) is 27.0. The van der Waals surface area contributed by atoms with Crippen LogP contribution in [0.25, 0.3) is 0 Å². The Labute approximate surface area is 372 Å². The fourth-order valence-corrected chi connectivity index (χ4v) is 14.7. The Morgan fingerprint density at radius 1 is 0.639 bits per heavy atom. The second-order valence-electron chi connectivity index (χ2n) is 19.0. The number of carbonyl (C=O) groups excluding carboxylic acids is 2. The topological polar surface area (TPSA) is 69.7 Å². The predicted molar refractivity (Wildman–Crippen MR) is 260 cm³/mol. The number of rotatable bonds is 31. The van der Waals surface area contributed by atoms with Crippen molar-refractivity contribution >= 4 is 35.1 Å². The molecule has 6 heteroatoms. The van der Waals surface area contributed by atoms with Crippen molar-refractivity contribution in [3.8, 4) is 0 Å². The molecule has 1 aliphatic heterocycles. The van der Waals surface area contributed by atoms with Crippen molar-refractivity contribution in [2.45, 2.75) is 193 Å². The number of unbranched alkanes of at least 4 members (excludes halogenated alkanes) is 17. The van der Waals surface area contributed by atoms with Gasteiger partial charge in [-0.05, 0) is 122 Å². The largest absolute Gasteiger partial charge is 0.548 e. The molecule has 0 aromatic heterocycles. The van der Waals surface area contributed by atoms with Gasteiger partial charge in [0.15, 0.2) is 0 Å². The maximum Gasteiger partial charge on any atom is 0.310 e. The summed E-state index contributed by atoms with van der Waals surface area (Å²) >= 11 is 0. The monoisotopic (exact) mass is 852 g/mol. The first-order valence-corrected chi connectivity index (χ1v) is 26.4. The van der Waals surface area contributed by atoms with Gasteiger partial charge in [-0.2, -0.15) is 0 Å². The molecule has 0 aliphatic carbocycles. The third-order valence-electron chi connectivity index (χ3n) is 13.4. The molecule has 1 aliphatic rings. The minimum Gasteiger partial charge on any atom is -0.548 e. The Bertz CT molecular complexity index is 1580. The van der Waals surface area contributed by atoms with Crippen LogP contribution in [0.2, 0.25) is 0 Å². The molecular formula is C55H82NO4P. The molecule has 61 heavy (non-hydrogen) atoms. The van der Waals surface area contributed by atoms with Crippen LogP contribution in [-0.4, -0.2) is 46.7 Å². The number of carboxylic acid groups (broad SMARTS) is 1. The molecule has 0 bridgehead atoms. The first kappa shape index (κ1) is 50.4. The smallest absolute Gasteiger partial charge is 0.310 e. The van der Waals surface area contributed by atoms with Crippen LogP contribution in [0.1, 0.15) is 176 Å². The summed E-state index contributed by atoms with van der Waals surface area (Å²) in [5.41, 5.74) is -1.09. The van der Waals surface area contributed by atoms with E-state index in [4.69, 9.17) is 4.74 Å². The number of benzene rings is 3. The van der Waals surface area contributed by atoms with Crippen molar-refractivity contribution in [2.75, 3.05) is 12.8 Å². The number of nitrogens with zero attached hydrogens (tertiary/aromatic N) is 1. The van der Waals surface area contributed by atoms with E-state index in [1.807, 2.05) is 13.8 Å². The van der Waals surface area contributed by atoms with Gasteiger partial charge < -0.3 is 14.6 Å². The Hall–Kier alpha value is -3.27. The first-order valence-electron chi connectivity index (χ1n) is 24.4. The van der Waals surface area contributed by atoms with E-state index in [2.05, 4.69) is 129 Å². The van der Waals surface area contributed by atoms with E-state index in [0.29, 0.717) is 19.4 Å². The molecule has 2 unspecified atom stereocenters. The molecule has 5 nitrogen and oxygen atoms in total. The SMILES string of the molecule is CCCCCCCC/C=C\CCCCCCC(C(=O)[O-])N1C(C)(C)CC(C(=O)OCCCCCCCCCC[P+](c2ccccc2)(c2ccccc2)c2ccccc2)C1(C)C. The second-order valence-corrected chi connectivity index (χ2v) is 22.6. The molecular weight excluding hydrogens is 770 g/mol. The van der Waals surface area contributed by atoms with E-state index in [1.54, 1.807) is 0 Å². The number of aliphatic carboxylic acids is 1. The van der Waals surface area contributed by atoms with Crippen LogP contribution >= 0.6 is 7.26 Å². The van der Waals surface area contributed by atoms with Crippen LogP contribution in [-0.2, 0) is 14.3 Å². The zero-order valence-electron chi connectivity index (χ0n) is 39.0. The molecule has 1 fully saturated rings. The van der Waals surface area contributed by atoms with Crippen molar-refractivity contribution < 1.29 is 19.4 Å². The van der Waals surface area contributed by atoms with Gasteiger partial charge in [0.1, 0.15) is 23.2 Å². The van der Waals surface area contributed by atoms with Gasteiger partial charge in [-0.1, -0.05) is 157 Å². The van der Waals surface area contributed by atoms with Crippen LogP contribution in [0.5, 0.6) is 0 Å². The van der Waals surface area contributed by atoms with Gasteiger partial charge in [0.2, 0.25) is 0 Å². The van der Waals surface area contributed by atoms with Crippen LogP contribution in [0.3, 0.4) is 0 Å². The predicted octanol–water partition coefficient (Wildman–Crippen LogP) is 12.3. The summed E-state index contributed by atoms with van der Waals surface area (Å²) in [7, 11) is -1.76. The summed E-state index contributed by atoms with van der Waals surface area (Å²) in [5.74, 6) is -1.60. The van der Waals surface area contributed by atoms with Gasteiger partial charge in [0, 0.05) is 11.1 Å². The number of carbonyl (C=O) groups is 2. The lowest BCUT2D eigenvalue weighted by atomic mass is 9.86. The maximum atomic E-state index is 13.5. The zero-order chi connectivity index (χ0) is 43.8. The average Bonchev–Trinajstić information content (AvgIpc) is 3.46. The number of esters is 1. The van der Waals surface area contributed by atoms with E-state index in [9.17, 15) is 14.7 Å². The quantitative estimate of drug-likeness (QED) is 0.0279. The average molecular weight is 852 g/mol. The Balaban J connectivity index is 1.13. The van der Waals surface area contributed by atoms with E-state index >= 15 is 0 Å². The molecule has 0 spiro atoms. The molecule has 3 aromatic carbocycles. The highest BCUT2D eigenvalue weighted by atomic mass is 31.2. The van der Waals surface area contributed by atoms with Crippen LogP contribution < -0.4 is 21.0 Å². The van der Waals surface area contributed by atoms with E-state index in [0.717, 1.165) is 51.4 Å². The summed E-state index contributed by atoms with van der Waals surface area (Å²) in [6.07, 6.45) is 30.5. The van der Waals surface area contributed by atoms with Crippen LogP contribution in [0.4, 0.5) is 0 Å². The van der Waals surface area contributed by atoms with Crippen molar-refractivity contribution in [1.82, 2.24) is 4.90 Å². The number of carboxylic acids is 1. The van der Waals surface area contributed by atoms with Crippen LogP contribution in [0.15, 0.2) is 103 Å². The Morgan fingerprint density at radius 3 is 1.54 bits per heavy atom. The fourth-order valence-electron chi connectivity index (χ4n) is 10.2. The number of ether oxygens (including phenoxy) is 1. The summed E-state index contributed by atoms with van der Waals surface area (Å²) < 4.78 is 5.90. The lowest BCUT2D eigenvalue weighted by Crippen LogP contribution is -2.60. The third-order valence-corrected chi connectivity index (χ3v) is 17.9. The van der Waals surface area contributed by atoms with Gasteiger partial charge in [-0.3, -0.25) is 9.69 Å². The minimum atomic E-state index is -1.76. The van der Waals surface area contributed by atoms with Crippen LogP contribution in [0, 0.1) is 5.92 Å². The molecule has 4 rings (SSSR count). The van der Waals surface area contributed by atoms with Gasteiger partial charge >= 0.3 is 5.97 Å². The molecule has 336 valence electrons. The zero-order valence-corrected chi connectivity index (χ0v) is 39.9. The standard InChI is InChI=1S/C55H82NO4P/c1-6-7-8-9-10-11-12-13-14-15-16-19-22-34-43-51(52(57)58)56-54(2,3)46-50(55(56,4)5)53(59)60-44-35-23-20-17-18-21-24-36-45-61(47-37-28-25-29-38-47,48-39-30-26-31-40-48)49-41-32-27-33-42-49/h13-14,25-33,37-42,50-51H,6-12,15-24,34-36,43-46H2,1-5H3/b14-13-. The molecule has 0 N–H and O–H groups in total. The van der Waals surface area contributed by atoms with Gasteiger partial charge in [0.05, 0.1) is 30.7 Å². The van der Waals surface area contributed by atoms with E-state index in [1.165, 1.54) is 99.1 Å². The normalized spacial score (nSPS) is 16.8. The molecule has 0 saturated carbocycles. The number of hydrogen-bond donors (Lipinski definition) is 0. The first-order chi connectivity index (χ1) is 29.6. The maximum absolute atomic E-state index is 13.5. The number of likely N-dealkylation sites (tertiary alicyclic amines) is 1. The molecule has 0 amide bonds. The van der Waals surface area contributed by atoms with Crippen molar-refractivity contribution in [3.63, 3.8) is 0 Å². The summed E-state index contributed by atoms with van der Waals surface area (Å²) in [6, 6.07) is 32.8. The molecule has 0 radical (unpaired) electrons. The Kier molecular flexibility index (Phi) is 22.3. The van der Waals surface area contributed by atoms with Gasteiger partial charge in [0.25, 0.3) is 0 Å². The fraction of sp³-hybridized carbons (Fsp3) is 0.600. The van der Waals surface area contributed by atoms with Crippen molar-refractivity contribution in [1.29, 1.82) is 0 Å². The Morgan fingerprint density at radius 2 is 1.07 bits per heavy atom. The third kappa shape index (κ3) is 15.5. The van der Waals surface area contributed by atoms with Crippen molar-refractivity contribution in [2.24, 2.45) is 5.92 Å². The number of allylic oxidation sites excluding steroid dienone is 2. The summed E-state index contributed by atoms with van der Waals surface area (Å²) in [5, 5.41) is 17.0. The molecule has 1 heterocycles. The van der Waals surface area contributed by atoms with Gasteiger partial charge in [-0.25, -0.2) is 0 Å². The van der Waals surface area contributed by atoms with Crippen molar-refractivity contribution in [3.05, 3.63) is 103 Å². The minimum absolute atomic E-state index is 0.192. The van der Waals surface area contributed by atoms with Gasteiger partial charge in [-0.15, -0.1) is 0 Å². The lowest BCUT2D eigenvalue weighted by molar-refractivity contribution is -0.314. The summed E-state index contributed by atoms with van der Waals surface area (Å²) in [6.45, 7) is 10.9.